The van der Waals surface area contributed by atoms with Gasteiger partial charge in [0.15, 0.2) is 0 Å². The lowest BCUT2D eigenvalue weighted by molar-refractivity contribution is -0.138. The molecule has 0 heterocycles. The average molecular weight is 263 g/mol. The normalized spacial score (nSPS) is 10.0. The molecule has 0 bridgehead atoms. The molecule has 0 aliphatic heterocycles. The first-order valence-corrected chi connectivity index (χ1v) is 6.44. The summed E-state index contributed by atoms with van der Waals surface area (Å²) in [5.41, 5.74) is 1.53. The van der Waals surface area contributed by atoms with E-state index in [-0.39, 0.29) is 5.97 Å². The van der Waals surface area contributed by atoms with Gasteiger partial charge in [-0.05, 0) is 31.5 Å². The molecule has 0 aliphatic rings. The number of nitrogens with one attached hydrogen (secondary N) is 1. The van der Waals surface area contributed by atoms with Gasteiger partial charge < -0.3 is 14.8 Å². The molecule has 1 rings (SSSR count). The molecular weight excluding hydrogens is 242 g/mol. The molecule has 19 heavy (non-hydrogen) atoms. The monoisotopic (exact) mass is 263 g/mol. The lowest BCUT2D eigenvalue weighted by atomic mass is 10.2. The van der Waals surface area contributed by atoms with Gasteiger partial charge in [0.05, 0.1) is 13.2 Å². The minimum atomic E-state index is -0.349. The summed E-state index contributed by atoms with van der Waals surface area (Å²) >= 11 is 0. The highest BCUT2D eigenvalue weighted by molar-refractivity contribution is 5.88. The van der Waals surface area contributed by atoms with Gasteiger partial charge in [0.1, 0.15) is 5.75 Å². The Morgan fingerprint density at radius 3 is 2.79 bits per heavy atom. The summed E-state index contributed by atoms with van der Waals surface area (Å²) in [5, 5.41) is 3.15. The molecular formula is C15H21NO3. The minimum Gasteiger partial charge on any atom is -0.494 e. The Balaban J connectivity index is 2.38. The van der Waals surface area contributed by atoms with E-state index >= 15 is 0 Å². The standard InChI is InChI=1S/C15H21NO3/c1-4-18-14-8-6-7-13(9-14)11-16-10-12(3)15(17)19-5-2/h6-9,16H,3-5,10-11H2,1-2H3. The number of carbonyl (C=O) groups is 1. The lowest BCUT2D eigenvalue weighted by Gasteiger charge is -2.09. The summed E-state index contributed by atoms with van der Waals surface area (Å²) in [6.07, 6.45) is 0. The summed E-state index contributed by atoms with van der Waals surface area (Å²) in [6.45, 7) is 9.50. The Labute approximate surface area is 114 Å². The predicted molar refractivity (Wildman–Crippen MR) is 75.1 cm³/mol. The third-order valence-corrected chi connectivity index (χ3v) is 2.44. The van der Waals surface area contributed by atoms with Crippen LogP contribution in [0.2, 0.25) is 0 Å². The van der Waals surface area contributed by atoms with Crippen molar-refractivity contribution >= 4 is 5.97 Å². The maximum Gasteiger partial charge on any atom is 0.334 e. The van der Waals surface area contributed by atoms with Gasteiger partial charge in [-0.1, -0.05) is 18.7 Å². The van der Waals surface area contributed by atoms with Crippen LogP contribution in [0.15, 0.2) is 36.4 Å². The van der Waals surface area contributed by atoms with E-state index in [4.69, 9.17) is 9.47 Å². The smallest absolute Gasteiger partial charge is 0.334 e. The van der Waals surface area contributed by atoms with Crippen LogP contribution in [-0.4, -0.2) is 25.7 Å². The van der Waals surface area contributed by atoms with Crippen molar-refractivity contribution in [2.24, 2.45) is 0 Å². The van der Waals surface area contributed by atoms with Crippen LogP contribution in [0.25, 0.3) is 0 Å². The fraction of sp³-hybridized carbons (Fsp3) is 0.400. The van der Waals surface area contributed by atoms with Gasteiger partial charge in [0, 0.05) is 18.7 Å². The van der Waals surface area contributed by atoms with E-state index in [2.05, 4.69) is 11.9 Å². The molecule has 0 spiro atoms. The van der Waals surface area contributed by atoms with Gasteiger partial charge in [0.2, 0.25) is 0 Å². The Morgan fingerprint density at radius 1 is 1.32 bits per heavy atom. The highest BCUT2D eigenvalue weighted by Gasteiger charge is 2.06. The maximum atomic E-state index is 11.3. The van der Waals surface area contributed by atoms with Crippen molar-refractivity contribution < 1.29 is 14.3 Å². The molecule has 0 atom stereocenters. The SMILES string of the molecule is C=C(CNCc1cccc(OCC)c1)C(=O)OCC. The van der Waals surface area contributed by atoms with Crippen LogP contribution in [-0.2, 0) is 16.1 Å². The number of benzene rings is 1. The first-order chi connectivity index (χ1) is 9.17. The first kappa shape index (κ1) is 15.2. The highest BCUT2D eigenvalue weighted by Crippen LogP contribution is 2.13. The summed E-state index contributed by atoms with van der Waals surface area (Å²) in [4.78, 5) is 11.3. The van der Waals surface area contributed by atoms with Gasteiger partial charge in [-0.15, -0.1) is 0 Å². The molecule has 0 saturated heterocycles. The van der Waals surface area contributed by atoms with E-state index in [9.17, 15) is 4.79 Å². The average Bonchev–Trinajstić information content (AvgIpc) is 2.40. The number of carbonyl (C=O) groups excluding carboxylic acids is 1. The Bertz CT molecular complexity index is 429. The largest absolute Gasteiger partial charge is 0.494 e. The molecule has 0 fully saturated rings. The predicted octanol–water partition coefficient (Wildman–Crippen LogP) is 2.29. The molecule has 1 aromatic carbocycles. The molecule has 0 radical (unpaired) electrons. The number of hydrogen-bond acceptors (Lipinski definition) is 4. The Kier molecular flexibility index (Phi) is 6.68. The number of rotatable bonds is 8. The molecule has 0 aromatic heterocycles. The summed E-state index contributed by atoms with van der Waals surface area (Å²) in [6, 6.07) is 7.85. The van der Waals surface area contributed by atoms with Crippen molar-refractivity contribution in [3.8, 4) is 5.75 Å². The molecule has 1 aromatic rings. The van der Waals surface area contributed by atoms with Gasteiger partial charge >= 0.3 is 5.97 Å². The van der Waals surface area contributed by atoms with Crippen LogP contribution < -0.4 is 10.1 Å². The minimum absolute atomic E-state index is 0.349. The number of esters is 1. The van der Waals surface area contributed by atoms with Gasteiger partial charge in [0.25, 0.3) is 0 Å². The topological polar surface area (TPSA) is 47.6 Å². The summed E-state index contributed by atoms with van der Waals surface area (Å²) in [5.74, 6) is 0.504. The van der Waals surface area contributed by atoms with Gasteiger partial charge in [-0.3, -0.25) is 0 Å². The molecule has 4 heteroatoms. The number of hydrogen-bond donors (Lipinski definition) is 1. The van der Waals surface area contributed by atoms with Crippen LogP contribution in [0, 0.1) is 0 Å². The zero-order chi connectivity index (χ0) is 14.1. The summed E-state index contributed by atoms with van der Waals surface area (Å²) in [7, 11) is 0. The molecule has 104 valence electrons. The molecule has 0 saturated carbocycles. The fourth-order valence-electron chi connectivity index (χ4n) is 1.57. The van der Waals surface area contributed by atoms with Crippen LogP contribution >= 0.6 is 0 Å². The van der Waals surface area contributed by atoms with Crippen LogP contribution in [0.5, 0.6) is 5.75 Å². The molecule has 1 N–H and O–H groups in total. The van der Waals surface area contributed by atoms with E-state index in [0.29, 0.717) is 31.9 Å². The van der Waals surface area contributed by atoms with E-state index in [1.54, 1.807) is 6.92 Å². The first-order valence-electron chi connectivity index (χ1n) is 6.44. The van der Waals surface area contributed by atoms with Crippen molar-refractivity contribution in [3.63, 3.8) is 0 Å². The molecule has 0 aliphatic carbocycles. The second-order valence-corrected chi connectivity index (χ2v) is 4.01. The quantitative estimate of drug-likeness (QED) is 0.577. The molecule has 0 amide bonds. The second-order valence-electron chi connectivity index (χ2n) is 4.01. The van der Waals surface area contributed by atoms with Crippen molar-refractivity contribution in [2.75, 3.05) is 19.8 Å². The number of ether oxygens (including phenoxy) is 2. The van der Waals surface area contributed by atoms with E-state index in [1.165, 1.54) is 0 Å². The third kappa shape index (κ3) is 5.57. The van der Waals surface area contributed by atoms with Crippen molar-refractivity contribution in [3.05, 3.63) is 42.0 Å². The summed E-state index contributed by atoms with van der Waals surface area (Å²) < 4.78 is 10.3. The lowest BCUT2D eigenvalue weighted by Crippen LogP contribution is -2.21. The maximum absolute atomic E-state index is 11.3. The van der Waals surface area contributed by atoms with Crippen LogP contribution in [0.4, 0.5) is 0 Å². The molecule has 4 nitrogen and oxygen atoms in total. The zero-order valence-electron chi connectivity index (χ0n) is 11.6. The second kappa shape index (κ2) is 8.32. The molecule has 0 unspecified atom stereocenters. The zero-order valence-corrected chi connectivity index (χ0v) is 11.6. The Morgan fingerprint density at radius 2 is 2.11 bits per heavy atom. The van der Waals surface area contributed by atoms with Gasteiger partial charge in [-0.2, -0.15) is 0 Å². The van der Waals surface area contributed by atoms with Crippen molar-refractivity contribution in [2.45, 2.75) is 20.4 Å². The van der Waals surface area contributed by atoms with Crippen LogP contribution in [0.1, 0.15) is 19.4 Å². The van der Waals surface area contributed by atoms with Crippen molar-refractivity contribution in [1.82, 2.24) is 5.32 Å². The van der Waals surface area contributed by atoms with E-state index in [0.717, 1.165) is 11.3 Å². The van der Waals surface area contributed by atoms with E-state index in [1.807, 2.05) is 31.2 Å². The van der Waals surface area contributed by atoms with Crippen LogP contribution in [0.3, 0.4) is 0 Å². The van der Waals surface area contributed by atoms with E-state index < -0.39 is 0 Å². The third-order valence-electron chi connectivity index (χ3n) is 2.44. The fourth-order valence-corrected chi connectivity index (χ4v) is 1.57. The van der Waals surface area contributed by atoms with Crippen molar-refractivity contribution in [1.29, 1.82) is 0 Å². The Hall–Kier alpha value is -1.81. The van der Waals surface area contributed by atoms with Gasteiger partial charge in [-0.25, -0.2) is 4.79 Å². The highest BCUT2D eigenvalue weighted by atomic mass is 16.5.